The molecule has 0 aliphatic carbocycles. The molecule has 0 bridgehead atoms. The van der Waals surface area contributed by atoms with E-state index >= 15 is 0 Å². The van der Waals surface area contributed by atoms with Gasteiger partial charge in [-0.3, -0.25) is 4.57 Å². The van der Waals surface area contributed by atoms with Crippen molar-refractivity contribution >= 4 is 38.6 Å². The highest BCUT2D eigenvalue weighted by atomic mass is 35.5. The summed E-state index contributed by atoms with van der Waals surface area (Å²) < 4.78 is 29.0. The summed E-state index contributed by atoms with van der Waals surface area (Å²) in [4.78, 5) is 11.6. The quantitative estimate of drug-likeness (QED) is 0.348. The van der Waals surface area contributed by atoms with Crippen LogP contribution in [0.15, 0.2) is 6.33 Å². The van der Waals surface area contributed by atoms with Gasteiger partial charge in [0.05, 0.1) is 6.33 Å². The van der Waals surface area contributed by atoms with Gasteiger partial charge in [0, 0.05) is 0 Å². The Labute approximate surface area is 139 Å². The first-order chi connectivity index (χ1) is 11.1. The first kappa shape index (κ1) is 17.2. The molecular formula is C10H13ClN6O6S. The number of aliphatic hydroxyl groups excluding tert-OH is 3. The van der Waals surface area contributed by atoms with Gasteiger partial charge in [0.2, 0.25) is 15.3 Å². The Balaban J connectivity index is 2.02. The SMILES string of the molecule is Nc1nc(Cl)nc2c1ncn2[C@@H]1O[C@H]([C@@H](O)S(N)(=O)=O)[C@@H](O)[C@H]1O. The van der Waals surface area contributed by atoms with Gasteiger partial charge in [0.1, 0.15) is 23.8 Å². The summed E-state index contributed by atoms with van der Waals surface area (Å²) in [6.45, 7) is 0. The van der Waals surface area contributed by atoms with E-state index in [0.29, 0.717) is 0 Å². The fourth-order valence-corrected chi connectivity index (χ4v) is 3.21. The highest BCUT2D eigenvalue weighted by molar-refractivity contribution is 7.89. The maximum absolute atomic E-state index is 11.2. The predicted molar refractivity (Wildman–Crippen MR) is 79.8 cm³/mol. The molecule has 2 aromatic heterocycles. The minimum atomic E-state index is -4.42. The zero-order valence-electron chi connectivity index (χ0n) is 11.8. The van der Waals surface area contributed by atoms with Crippen molar-refractivity contribution in [3.05, 3.63) is 11.6 Å². The smallest absolute Gasteiger partial charge is 0.238 e. The lowest BCUT2D eigenvalue weighted by molar-refractivity contribution is -0.0615. The van der Waals surface area contributed by atoms with Gasteiger partial charge in [0.15, 0.2) is 23.1 Å². The number of nitrogens with two attached hydrogens (primary N) is 2. The molecule has 0 saturated carbocycles. The van der Waals surface area contributed by atoms with Gasteiger partial charge < -0.3 is 25.8 Å². The fraction of sp³-hybridized carbons (Fsp3) is 0.500. The summed E-state index contributed by atoms with van der Waals surface area (Å²) in [5.41, 5.74) is 3.69. The molecule has 12 nitrogen and oxygen atoms in total. The third-order valence-corrected chi connectivity index (χ3v) is 4.70. The topological polar surface area (TPSA) is 200 Å². The van der Waals surface area contributed by atoms with Crippen LogP contribution in [0.3, 0.4) is 0 Å². The molecule has 2 aromatic rings. The van der Waals surface area contributed by atoms with E-state index in [0.717, 1.165) is 0 Å². The number of sulfonamides is 1. The van der Waals surface area contributed by atoms with Gasteiger partial charge in [-0.2, -0.15) is 9.97 Å². The second-order valence-corrected chi connectivity index (χ2v) is 7.15. The molecule has 1 saturated heterocycles. The molecule has 7 N–H and O–H groups in total. The van der Waals surface area contributed by atoms with Gasteiger partial charge in [-0.1, -0.05) is 0 Å². The van der Waals surface area contributed by atoms with Crippen LogP contribution in [0, 0.1) is 0 Å². The van der Waals surface area contributed by atoms with Crippen LogP contribution < -0.4 is 10.9 Å². The van der Waals surface area contributed by atoms with Crippen molar-refractivity contribution in [2.24, 2.45) is 5.14 Å². The third-order valence-electron chi connectivity index (χ3n) is 3.59. The van der Waals surface area contributed by atoms with E-state index < -0.39 is 40.0 Å². The zero-order valence-corrected chi connectivity index (χ0v) is 13.3. The first-order valence-corrected chi connectivity index (χ1v) is 8.47. The minimum absolute atomic E-state index is 0.0158. The van der Waals surface area contributed by atoms with Crippen molar-refractivity contribution in [2.45, 2.75) is 30.0 Å². The van der Waals surface area contributed by atoms with Crippen LogP contribution in [0.25, 0.3) is 11.2 Å². The van der Waals surface area contributed by atoms with Gasteiger partial charge >= 0.3 is 0 Å². The average Bonchev–Trinajstić information content (AvgIpc) is 3.00. The first-order valence-electron chi connectivity index (χ1n) is 6.48. The molecule has 5 atom stereocenters. The second-order valence-electron chi connectivity index (χ2n) is 5.15. The summed E-state index contributed by atoms with van der Waals surface area (Å²) in [6.07, 6.45) is -5.11. The van der Waals surface area contributed by atoms with E-state index in [1.165, 1.54) is 10.9 Å². The number of hydrogen-bond donors (Lipinski definition) is 5. The van der Waals surface area contributed by atoms with Crippen molar-refractivity contribution in [1.82, 2.24) is 19.5 Å². The van der Waals surface area contributed by atoms with Crippen molar-refractivity contribution in [3.8, 4) is 0 Å². The number of imidazole rings is 1. The Morgan fingerprint density at radius 1 is 1.33 bits per heavy atom. The van der Waals surface area contributed by atoms with Crippen LogP contribution in [0.4, 0.5) is 5.82 Å². The lowest BCUT2D eigenvalue weighted by Gasteiger charge is -2.19. The summed E-state index contributed by atoms with van der Waals surface area (Å²) in [6, 6.07) is 0. The molecule has 0 spiro atoms. The van der Waals surface area contributed by atoms with Crippen LogP contribution in [0.2, 0.25) is 5.28 Å². The van der Waals surface area contributed by atoms with Crippen molar-refractivity contribution in [3.63, 3.8) is 0 Å². The van der Waals surface area contributed by atoms with Gasteiger partial charge in [-0.15, -0.1) is 0 Å². The number of nitrogens with zero attached hydrogens (tertiary/aromatic N) is 4. The second kappa shape index (κ2) is 5.73. The normalized spacial score (nSPS) is 29.2. The molecule has 1 aliphatic rings. The van der Waals surface area contributed by atoms with E-state index in [-0.39, 0.29) is 22.3 Å². The van der Waals surface area contributed by atoms with E-state index in [1.54, 1.807) is 0 Å². The number of primary sulfonamides is 1. The molecule has 0 amide bonds. The number of rotatable bonds is 3. The summed E-state index contributed by atoms with van der Waals surface area (Å²) >= 11 is 5.73. The lowest BCUT2D eigenvalue weighted by atomic mass is 10.1. The maximum Gasteiger partial charge on any atom is 0.238 e. The number of ether oxygens (including phenoxy) is 1. The number of halogens is 1. The number of hydrogen-bond acceptors (Lipinski definition) is 10. The Morgan fingerprint density at radius 2 is 2.00 bits per heavy atom. The van der Waals surface area contributed by atoms with E-state index in [1.807, 2.05) is 0 Å². The predicted octanol–water partition coefficient (Wildman–Crippen LogP) is -2.71. The summed E-state index contributed by atoms with van der Waals surface area (Å²) in [5.74, 6) is -0.0158. The number of anilines is 1. The maximum atomic E-state index is 11.2. The highest BCUT2D eigenvalue weighted by Gasteiger charge is 2.50. The molecule has 132 valence electrons. The van der Waals surface area contributed by atoms with E-state index in [9.17, 15) is 23.7 Å². The zero-order chi connectivity index (χ0) is 17.8. The summed E-state index contributed by atoms with van der Waals surface area (Å²) in [5, 5.41) is 34.4. The van der Waals surface area contributed by atoms with Gasteiger partial charge in [-0.25, -0.2) is 18.5 Å². The largest absolute Gasteiger partial charge is 0.387 e. The molecule has 3 heterocycles. The molecule has 1 fully saturated rings. The van der Waals surface area contributed by atoms with Gasteiger partial charge in [-0.05, 0) is 11.6 Å². The molecular weight excluding hydrogens is 368 g/mol. The van der Waals surface area contributed by atoms with Crippen molar-refractivity contribution in [1.29, 1.82) is 0 Å². The van der Waals surface area contributed by atoms with Crippen LogP contribution in [-0.2, 0) is 14.8 Å². The molecule has 14 heteroatoms. The molecule has 0 aromatic carbocycles. The Bertz CT molecular complexity index is 889. The summed E-state index contributed by atoms with van der Waals surface area (Å²) in [7, 11) is -4.42. The number of aromatic nitrogens is 4. The Hall–Kier alpha value is -1.61. The number of fused-ring (bicyclic) bond motifs is 1. The standard InChI is InChI=1S/C10H13ClN6O6S/c11-10-15-6(12)2-7(16-10)17(1-14-2)8-4(19)3(18)5(23-8)9(20)24(13,21)22/h1,3-5,8-9,18-20H,(H2,12,15,16)(H2,13,21,22)/t3-,4+,5-,8+,9-/m0/s1. The number of nitrogen functional groups attached to an aromatic ring is 1. The van der Waals surface area contributed by atoms with Crippen molar-refractivity contribution < 1.29 is 28.5 Å². The Kier molecular flexibility index (Phi) is 4.11. The monoisotopic (exact) mass is 380 g/mol. The van der Waals surface area contributed by atoms with Gasteiger partial charge in [0.25, 0.3) is 0 Å². The average molecular weight is 381 g/mol. The van der Waals surface area contributed by atoms with Crippen molar-refractivity contribution in [2.75, 3.05) is 5.73 Å². The van der Waals surface area contributed by atoms with Crippen LogP contribution in [-0.4, -0.2) is 67.0 Å². The van der Waals surface area contributed by atoms with Crippen LogP contribution >= 0.6 is 11.6 Å². The lowest BCUT2D eigenvalue weighted by Crippen LogP contribution is -2.45. The van der Waals surface area contributed by atoms with Crippen LogP contribution in [0.5, 0.6) is 0 Å². The molecule has 3 rings (SSSR count). The van der Waals surface area contributed by atoms with E-state index in [2.05, 4.69) is 15.0 Å². The minimum Gasteiger partial charge on any atom is -0.387 e. The van der Waals surface area contributed by atoms with Crippen LogP contribution in [0.1, 0.15) is 6.23 Å². The number of aliphatic hydroxyl groups is 3. The molecule has 1 aliphatic heterocycles. The highest BCUT2D eigenvalue weighted by Crippen LogP contribution is 2.34. The molecule has 24 heavy (non-hydrogen) atoms. The molecule has 0 radical (unpaired) electrons. The Morgan fingerprint density at radius 3 is 2.62 bits per heavy atom. The van der Waals surface area contributed by atoms with E-state index in [4.69, 9.17) is 27.2 Å². The fourth-order valence-electron chi connectivity index (χ4n) is 2.43. The molecule has 0 unspecified atom stereocenters. The third kappa shape index (κ3) is 2.69.